The van der Waals surface area contributed by atoms with Gasteiger partial charge in [-0.1, -0.05) is 0 Å². The lowest BCUT2D eigenvalue weighted by molar-refractivity contribution is -0.0298. The number of ether oxygens (including phenoxy) is 1. The molecule has 0 spiro atoms. The van der Waals surface area contributed by atoms with Crippen LogP contribution in [0.25, 0.3) is 23.3 Å². The Morgan fingerprint density at radius 2 is 2.18 bits per heavy atom. The van der Waals surface area contributed by atoms with Gasteiger partial charge in [0.25, 0.3) is 0 Å². The second-order valence-electron chi connectivity index (χ2n) is 5.25. The van der Waals surface area contributed by atoms with Gasteiger partial charge in [0.2, 0.25) is 0 Å². The van der Waals surface area contributed by atoms with Gasteiger partial charge in [0, 0.05) is 6.61 Å². The highest BCUT2D eigenvalue weighted by Crippen LogP contribution is 2.26. The zero-order valence-corrected chi connectivity index (χ0v) is 12.1. The lowest BCUT2D eigenvalue weighted by Crippen LogP contribution is -2.17. The molecule has 0 aliphatic carbocycles. The SMILES string of the molecule is C(=C\c1ncnc2c1ncn2C1CCCCO1)/c1ccco1. The summed E-state index contributed by atoms with van der Waals surface area (Å²) in [5.41, 5.74) is 2.36. The molecular formula is C16H16N4O2. The largest absolute Gasteiger partial charge is 0.465 e. The number of imidazole rings is 1. The standard InChI is InChI=1S/C16H16N4O2/c1-2-8-22-14(5-1)20-11-19-15-13(17-10-18-16(15)20)7-6-12-4-3-9-21-12/h3-4,6-7,9-11,14H,1-2,5,8H2/b7-6+. The Balaban J connectivity index is 1.70. The minimum absolute atomic E-state index is 0.0237. The Morgan fingerprint density at radius 1 is 1.18 bits per heavy atom. The third kappa shape index (κ3) is 2.42. The number of aromatic nitrogens is 4. The van der Waals surface area contributed by atoms with E-state index in [2.05, 4.69) is 15.0 Å². The van der Waals surface area contributed by atoms with Crippen LogP contribution in [0.15, 0.2) is 35.5 Å². The summed E-state index contributed by atoms with van der Waals surface area (Å²) >= 11 is 0. The number of hydrogen-bond donors (Lipinski definition) is 0. The molecule has 1 aliphatic rings. The first-order chi connectivity index (χ1) is 10.9. The molecule has 22 heavy (non-hydrogen) atoms. The molecule has 1 fully saturated rings. The van der Waals surface area contributed by atoms with Crippen molar-refractivity contribution in [1.29, 1.82) is 0 Å². The minimum atomic E-state index is 0.0237. The maximum atomic E-state index is 5.82. The van der Waals surface area contributed by atoms with Gasteiger partial charge in [-0.05, 0) is 43.5 Å². The van der Waals surface area contributed by atoms with Crippen LogP contribution in [0, 0.1) is 0 Å². The molecule has 0 radical (unpaired) electrons. The van der Waals surface area contributed by atoms with E-state index >= 15 is 0 Å². The first kappa shape index (κ1) is 13.2. The average Bonchev–Trinajstić information content (AvgIpc) is 3.23. The van der Waals surface area contributed by atoms with E-state index in [1.807, 2.05) is 28.9 Å². The monoisotopic (exact) mass is 296 g/mol. The molecule has 0 bridgehead atoms. The highest BCUT2D eigenvalue weighted by atomic mass is 16.5. The summed E-state index contributed by atoms with van der Waals surface area (Å²) in [5, 5.41) is 0. The van der Waals surface area contributed by atoms with Crippen LogP contribution in [-0.4, -0.2) is 26.1 Å². The van der Waals surface area contributed by atoms with Crippen LogP contribution in [0.2, 0.25) is 0 Å². The van der Waals surface area contributed by atoms with E-state index in [1.54, 1.807) is 18.9 Å². The van der Waals surface area contributed by atoms with Crippen LogP contribution >= 0.6 is 0 Å². The van der Waals surface area contributed by atoms with Crippen LogP contribution in [0.3, 0.4) is 0 Å². The third-order valence-electron chi connectivity index (χ3n) is 3.80. The molecule has 0 aromatic carbocycles. The number of rotatable bonds is 3. The second-order valence-corrected chi connectivity index (χ2v) is 5.25. The molecule has 6 heteroatoms. The first-order valence-corrected chi connectivity index (χ1v) is 7.42. The molecule has 0 amide bonds. The van der Waals surface area contributed by atoms with Gasteiger partial charge in [-0.25, -0.2) is 15.0 Å². The highest BCUT2D eigenvalue weighted by Gasteiger charge is 2.19. The Morgan fingerprint density at radius 3 is 3.00 bits per heavy atom. The van der Waals surface area contributed by atoms with Gasteiger partial charge in [0.1, 0.15) is 23.8 Å². The molecule has 1 unspecified atom stereocenters. The second kappa shape index (κ2) is 5.73. The third-order valence-corrected chi connectivity index (χ3v) is 3.80. The smallest absolute Gasteiger partial charge is 0.165 e. The molecular weight excluding hydrogens is 280 g/mol. The topological polar surface area (TPSA) is 66.0 Å². The van der Waals surface area contributed by atoms with Crippen LogP contribution in [0.4, 0.5) is 0 Å². The van der Waals surface area contributed by atoms with Crippen LogP contribution in [-0.2, 0) is 4.74 Å². The summed E-state index contributed by atoms with van der Waals surface area (Å²) in [7, 11) is 0. The van der Waals surface area contributed by atoms with Gasteiger partial charge in [0.05, 0.1) is 18.3 Å². The molecule has 1 aliphatic heterocycles. The fourth-order valence-corrected chi connectivity index (χ4v) is 2.69. The molecule has 3 aromatic heterocycles. The van der Waals surface area contributed by atoms with E-state index in [-0.39, 0.29) is 6.23 Å². The molecule has 6 nitrogen and oxygen atoms in total. The fourth-order valence-electron chi connectivity index (χ4n) is 2.69. The van der Waals surface area contributed by atoms with Crippen molar-refractivity contribution in [1.82, 2.24) is 19.5 Å². The number of furan rings is 1. The zero-order chi connectivity index (χ0) is 14.8. The Hall–Kier alpha value is -2.47. The van der Waals surface area contributed by atoms with E-state index < -0.39 is 0 Å². The molecule has 1 saturated heterocycles. The predicted octanol–water partition coefficient (Wildman–Crippen LogP) is 3.29. The Labute approximate surface area is 127 Å². The Bertz CT molecular complexity index is 786. The lowest BCUT2D eigenvalue weighted by Gasteiger charge is -2.23. The molecule has 4 heterocycles. The summed E-state index contributed by atoms with van der Waals surface area (Å²) in [5.74, 6) is 0.779. The van der Waals surface area contributed by atoms with Crippen LogP contribution < -0.4 is 0 Å². The first-order valence-electron chi connectivity index (χ1n) is 7.42. The molecule has 1 atom stereocenters. The van der Waals surface area contributed by atoms with Crippen LogP contribution in [0.5, 0.6) is 0 Å². The van der Waals surface area contributed by atoms with Crippen molar-refractivity contribution in [3.05, 3.63) is 42.5 Å². The van der Waals surface area contributed by atoms with Gasteiger partial charge in [-0.2, -0.15) is 0 Å². The van der Waals surface area contributed by atoms with Crippen LogP contribution in [0.1, 0.15) is 36.9 Å². The van der Waals surface area contributed by atoms with Crippen molar-refractivity contribution < 1.29 is 9.15 Å². The highest BCUT2D eigenvalue weighted by molar-refractivity contribution is 5.83. The number of hydrogen-bond acceptors (Lipinski definition) is 5. The average molecular weight is 296 g/mol. The maximum absolute atomic E-state index is 5.82. The van der Waals surface area contributed by atoms with Crippen molar-refractivity contribution in [2.45, 2.75) is 25.5 Å². The van der Waals surface area contributed by atoms with Crippen molar-refractivity contribution in [2.24, 2.45) is 0 Å². The zero-order valence-electron chi connectivity index (χ0n) is 12.1. The van der Waals surface area contributed by atoms with E-state index in [0.29, 0.717) is 0 Å². The molecule has 4 rings (SSSR count). The summed E-state index contributed by atoms with van der Waals surface area (Å²) in [6.07, 6.45) is 12.1. The van der Waals surface area contributed by atoms with Crippen molar-refractivity contribution in [3.8, 4) is 0 Å². The predicted molar refractivity (Wildman–Crippen MR) is 81.8 cm³/mol. The summed E-state index contributed by atoms with van der Waals surface area (Å²) in [6, 6.07) is 3.74. The number of fused-ring (bicyclic) bond motifs is 1. The quantitative estimate of drug-likeness (QED) is 0.742. The Kier molecular flexibility index (Phi) is 3.44. The van der Waals surface area contributed by atoms with Gasteiger partial charge >= 0.3 is 0 Å². The normalized spacial score (nSPS) is 19.2. The molecule has 0 saturated carbocycles. The summed E-state index contributed by atoms with van der Waals surface area (Å²) < 4.78 is 13.1. The lowest BCUT2D eigenvalue weighted by atomic mass is 10.2. The van der Waals surface area contributed by atoms with E-state index in [9.17, 15) is 0 Å². The molecule has 0 N–H and O–H groups in total. The van der Waals surface area contributed by atoms with Gasteiger partial charge < -0.3 is 9.15 Å². The van der Waals surface area contributed by atoms with E-state index in [1.165, 1.54) is 6.42 Å². The van der Waals surface area contributed by atoms with Gasteiger partial charge in [0.15, 0.2) is 5.65 Å². The molecule has 112 valence electrons. The van der Waals surface area contributed by atoms with Gasteiger partial charge in [-0.15, -0.1) is 0 Å². The summed E-state index contributed by atoms with van der Waals surface area (Å²) in [4.78, 5) is 13.2. The van der Waals surface area contributed by atoms with Gasteiger partial charge in [-0.3, -0.25) is 4.57 Å². The number of nitrogens with zero attached hydrogens (tertiary/aromatic N) is 4. The fraction of sp³-hybridized carbons (Fsp3) is 0.312. The summed E-state index contributed by atoms with van der Waals surface area (Å²) in [6.45, 7) is 0.792. The maximum Gasteiger partial charge on any atom is 0.165 e. The van der Waals surface area contributed by atoms with E-state index in [4.69, 9.17) is 9.15 Å². The van der Waals surface area contributed by atoms with Crippen molar-refractivity contribution >= 4 is 23.3 Å². The molecule has 3 aromatic rings. The minimum Gasteiger partial charge on any atom is -0.465 e. The van der Waals surface area contributed by atoms with Crippen molar-refractivity contribution in [3.63, 3.8) is 0 Å². The van der Waals surface area contributed by atoms with Crippen molar-refractivity contribution in [2.75, 3.05) is 6.61 Å². The van der Waals surface area contributed by atoms with E-state index in [0.717, 1.165) is 42.1 Å².